The van der Waals surface area contributed by atoms with Gasteiger partial charge in [0.1, 0.15) is 0 Å². The van der Waals surface area contributed by atoms with Crippen LogP contribution in [-0.2, 0) is 11.3 Å². The Hall–Kier alpha value is -1.06. The van der Waals surface area contributed by atoms with Crippen molar-refractivity contribution < 1.29 is 4.79 Å². The van der Waals surface area contributed by atoms with Crippen molar-refractivity contribution in [3.63, 3.8) is 0 Å². The molecule has 98 valence electrons. The van der Waals surface area contributed by atoms with E-state index in [1.54, 1.807) is 7.05 Å². The summed E-state index contributed by atoms with van der Waals surface area (Å²) in [4.78, 5) is 14.0. The molecule has 1 amide bonds. The minimum atomic E-state index is 0.0186. The van der Waals surface area contributed by atoms with Gasteiger partial charge in [-0.15, -0.1) is 0 Å². The first-order valence-electron chi connectivity index (χ1n) is 6.32. The fourth-order valence-electron chi connectivity index (χ4n) is 2.53. The van der Waals surface area contributed by atoms with Crippen LogP contribution in [0.4, 0.5) is 0 Å². The number of carbonyl (C=O) groups is 1. The molecule has 18 heavy (non-hydrogen) atoms. The number of benzene rings is 1. The first-order chi connectivity index (χ1) is 8.61. The highest BCUT2D eigenvalue weighted by atomic mass is 35.5. The van der Waals surface area contributed by atoms with Gasteiger partial charge in [0.2, 0.25) is 5.91 Å². The van der Waals surface area contributed by atoms with Crippen LogP contribution in [0.15, 0.2) is 18.2 Å². The number of likely N-dealkylation sites (tertiary alicyclic amines) is 1. The van der Waals surface area contributed by atoms with Crippen LogP contribution < -0.4 is 5.32 Å². The highest BCUT2D eigenvalue weighted by Gasteiger charge is 2.29. The number of halogens is 1. The highest BCUT2D eigenvalue weighted by Crippen LogP contribution is 2.23. The van der Waals surface area contributed by atoms with Crippen molar-refractivity contribution in [3.8, 4) is 0 Å². The van der Waals surface area contributed by atoms with Crippen LogP contribution in [0.5, 0.6) is 0 Å². The second kappa shape index (κ2) is 5.72. The summed E-state index contributed by atoms with van der Waals surface area (Å²) in [7, 11) is 1.70. The van der Waals surface area contributed by atoms with Crippen LogP contribution in [-0.4, -0.2) is 30.4 Å². The van der Waals surface area contributed by atoms with E-state index in [9.17, 15) is 4.79 Å². The number of carbonyl (C=O) groups excluding carboxylic acids is 1. The van der Waals surface area contributed by atoms with Gasteiger partial charge in [0, 0.05) is 18.6 Å². The molecule has 1 fully saturated rings. The number of aryl methyl sites for hydroxylation is 1. The summed E-state index contributed by atoms with van der Waals surface area (Å²) in [6.07, 6.45) is 2.04. The minimum absolute atomic E-state index is 0.0186. The van der Waals surface area contributed by atoms with E-state index in [1.165, 1.54) is 11.1 Å². The van der Waals surface area contributed by atoms with E-state index in [0.717, 1.165) is 31.0 Å². The molecule has 1 aliphatic heterocycles. The molecule has 1 unspecified atom stereocenters. The predicted octanol–water partition coefficient (Wildman–Crippen LogP) is 2.36. The van der Waals surface area contributed by atoms with Crippen molar-refractivity contribution in [1.29, 1.82) is 0 Å². The number of nitrogens with zero attached hydrogens (tertiary/aromatic N) is 1. The molecule has 4 heteroatoms. The molecule has 1 aromatic rings. The molecule has 3 nitrogen and oxygen atoms in total. The van der Waals surface area contributed by atoms with E-state index in [1.807, 2.05) is 12.1 Å². The Labute approximate surface area is 113 Å². The van der Waals surface area contributed by atoms with Gasteiger partial charge in [0.05, 0.1) is 6.04 Å². The van der Waals surface area contributed by atoms with Crippen molar-refractivity contribution in [2.24, 2.45) is 0 Å². The molecule has 0 saturated carbocycles. The van der Waals surface area contributed by atoms with E-state index < -0.39 is 0 Å². The first-order valence-corrected chi connectivity index (χ1v) is 6.70. The molecule has 0 spiro atoms. The van der Waals surface area contributed by atoms with Gasteiger partial charge in [-0.25, -0.2) is 0 Å². The maximum Gasteiger partial charge on any atom is 0.237 e. The SMILES string of the molecule is CNC(=O)C1CCCN1Cc1ccc(Cl)cc1C. The number of amides is 1. The lowest BCUT2D eigenvalue weighted by atomic mass is 10.1. The van der Waals surface area contributed by atoms with Crippen LogP contribution in [0.1, 0.15) is 24.0 Å². The van der Waals surface area contributed by atoms with E-state index in [-0.39, 0.29) is 11.9 Å². The van der Waals surface area contributed by atoms with Gasteiger partial charge in [0.15, 0.2) is 0 Å². The third-order valence-electron chi connectivity index (χ3n) is 3.59. The predicted molar refractivity (Wildman–Crippen MR) is 73.7 cm³/mol. The molecule has 1 aromatic carbocycles. The van der Waals surface area contributed by atoms with Gasteiger partial charge in [-0.2, -0.15) is 0 Å². The molecule has 1 saturated heterocycles. The zero-order chi connectivity index (χ0) is 13.1. The molecule has 0 bridgehead atoms. The zero-order valence-corrected chi connectivity index (χ0v) is 11.6. The number of hydrogen-bond donors (Lipinski definition) is 1. The fraction of sp³-hybridized carbons (Fsp3) is 0.500. The summed E-state index contributed by atoms with van der Waals surface area (Å²) in [5, 5.41) is 3.51. The summed E-state index contributed by atoms with van der Waals surface area (Å²) < 4.78 is 0. The van der Waals surface area contributed by atoms with Crippen LogP contribution in [0.25, 0.3) is 0 Å². The lowest BCUT2D eigenvalue weighted by molar-refractivity contribution is -0.125. The first kappa shape index (κ1) is 13.4. The Balaban J connectivity index is 2.10. The molecule has 1 aliphatic rings. The summed E-state index contributed by atoms with van der Waals surface area (Å²) >= 11 is 5.96. The zero-order valence-electron chi connectivity index (χ0n) is 10.9. The van der Waals surface area contributed by atoms with Gasteiger partial charge in [-0.3, -0.25) is 9.69 Å². The molecule has 0 aromatic heterocycles. The third-order valence-corrected chi connectivity index (χ3v) is 3.83. The Kier molecular flexibility index (Phi) is 4.25. The lowest BCUT2D eigenvalue weighted by Gasteiger charge is -2.23. The van der Waals surface area contributed by atoms with Crippen LogP contribution in [0.2, 0.25) is 5.02 Å². The van der Waals surface area contributed by atoms with E-state index in [0.29, 0.717) is 0 Å². The van der Waals surface area contributed by atoms with Crippen LogP contribution in [0, 0.1) is 6.92 Å². The molecular weight excluding hydrogens is 248 g/mol. The summed E-state index contributed by atoms with van der Waals surface area (Å²) in [5.74, 6) is 0.124. The quantitative estimate of drug-likeness (QED) is 0.911. The minimum Gasteiger partial charge on any atom is -0.358 e. The molecule has 0 aliphatic carbocycles. The van der Waals surface area contributed by atoms with Gasteiger partial charge in [0.25, 0.3) is 0 Å². The van der Waals surface area contributed by atoms with Gasteiger partial charge in [-0.1, -0.05) is 17.7 Å². The van der Waals surface area contributed by atoms with E-state index in [2.05, 4.69) is 23.2 Å². The Morgan fingerprint density at radius 2 is 2.33 bits per heavy atom. The van der Waals surface area contributed by atoms with Crippen molar-refractivity contribution in [2.75, 3.05) is 13.6 Å². The third kappa shape index (κ3) is 2.85. The summed E-state index contributed by atoms with van der Waals surface area (Å²) in [6, 6.07) is 5.96. The van der Waals surface area contributed by atoms with Gasteiger partial charge < -0.3 is 5.32 Å². The topological polar surface area (TPSA) is 32.3 Å². The van der Waals surface area contributed by atoms with Crippen LogP contribution >= 0.6 is 11.6 Å². The number of likely N-dealkylation sites (N-methyl/N-ethyl adjacent to an activating group) is 1. The largest absolute Gasteiger partial charge is 0.358 e. The number of hydrogen-bond acceptors (Lipinski definition) is 2. The summed E-state index contributed by atoms with van der Waals surface area (Å²) in [5.41, 5.74) is 2.43. The van der Waals surface area contributed by atoms with Gasteiger partial charge >= 0.3 is 0 Å². The monoisotopic (exact) mass is 266 g/mol. The smallest absolute Gasteiger partial charge is 0.237 e. The van der Waals surface area contributed by atoms with Gasteiger partial charge in [-0.05, 0) is 49.6 Å². The van der Waals surface area contributed by atoms with Crippen molar-refractivity contribution in [2.45, 2.75) is 32.4 Å². The maximum atomic E-state index is 11.8. The van der Waals surface area contributed by atoms with E-state index in [4.69, 9.17) is 11.6 Å². The second-order valence-electron chi connectivity index (χ2n) is 4.81. The molecule has 2 rings (SSSR count). The lowest BCUT2D eigenvalue weighted by Crippen LogP contribution is -2.41. The average Bonchev–Trinajstić information content (AvgIpc) is 2.80. The molecule has 1 heterocycles. The molecular formula is C14H19ClN2O. The summed E-state index contributed by atoms with van der Waals surface area (Å²) in [6.45, 7) is 3.87. The second-order valence-corrected chi connectivity index (χ2v) is 5.25. The Morgan fingerprint density at radius 3 is 3.00 bits per heavy atom. The Bertz CT molecular complexity index is 447. The average molecular weight is 267 g/mol. The molecule has 1 N–H and O–H groups in total. The maximum absolute atomic E-state index is 11.8. The normalized spacial score (nSPS) is 20.1. The number of nitrogens with one attached hydrogen (secondary N) is 1. The van der Waals surface area contributed by atoms with Crippen molar-refractivity contribution >= 4 is 17.5 Å². The Morgan fingerprint density at radius 1 is 1.56 bits per heavy atom. The van der Waals surface area contributed by atoms with Crippen molar-refractivity contribution in [3.05, 3.63) is 34.3 Å². The fourth-order valence-corrected chi connectivity index (χ4v) is 2.76. The molecule has 0 radical (unpaired) electrons. The number of rotatable bonds is 3. The highest BCUT2D eigenvalue weighted by molar-refractivity contribution is 6.30. The van der Waals surface area contributed by atoms with Crippen LogP contribution in [0.3, 0.4) is 0 Å². The molecule has 1 atom stereocenters. The van der Waals surface area contributed by atoms with Crippen molar-refractivity contribution in [1.82, 2.24) is 10.2 Å². The standard InChI is InChI=1S/C14H19ClN2O/c1-10-8-12(15)6-5-11(10)9-17-7-3-4-13(17)14(18)16-2/h5-6,8,13H,3-4,7,9H2,1-2H3,(H,16,18). The van der Waals surface area contributed by atoms with E-state index >= 15 is 0 Å².